The third-order valence-electron chi connectivity index (χ3n) is 5.08. The normalized spacial score (nSPS) is 20.2. The Balaban J connectivity index is 1.60. The molecular weight excluding hydrogens is 356 g/mol. The first-order valence-electron chi connectivity index (χ1n) is 8.31. The number of nitrogens with one attached hydrogen (secondary N) is 1. The van der Waals surface area contributed by atoms with Crippen molar-refractivity contribution in [3.63, 3.8) is 0 Å². The van der Waals surface area contributed by atoms with Gasteiger partial charge in [0.15, 0.2) is 0 Å². The quantitative estimate of drug-likeness (QED) is 0.875. The number of carbonyl (C=O) groups is 2. The second-order valence-electron chi connectivity index (χ2n) is 6.77. The molecule has 1 saturated carbocycles. The first kappa shape index (κ1) is 16.5. The number of nitrogens with zero attached hydrogens (tertiary/aromatic N) is 1. The number of halogens is 1. The Morgan fingerprint density at radius 1 is 1.30 bits per heavy atom. The first-order valence-corrected chi connectivity index (χ1v) is 9.10. The molecule has 1 aromatic carbocycles. The number of likely N-dealkylation sites (tertiary alicyclic amines) is 1. The number of hydrogen-bond acceptors (Lipinski definition) is 2. The van der Waals surface area contributed by atoms with Gasteiger partial charge in [0.05, 0.1) is 5.41 Å². The van der Waals surface area contributed by atoms with Gasteiger partial charge in [-0.2, -0.15) is 0 Å². The molecular formula is C18H23BrN2O2. The van der Waals surface area contributed by atoms with E-state index in [2.05, 4.69) is 33.4 Å². The number of carbonyl (C=O) groups excluding carboxylic acids is 2. The van der Waals surface area contributed by atoms with Crippen LogP contribution in [0, 0.1) is 5.92 Å². The van der Waals surface area contributed by atoms with Crippen LogP contribution in [0.1, 0.15) is 38.2 Å². The number of rotatable bonds is 4. The van der Waals surface area contributed by atoms with Crippen LogP contribution >= 0.6 is 15.9 Å². The van der Waals surface area contributed by atoms with Crippen molar-refractivity contribution >= 4 is 27.7 Å². The van der Waals surface area contributed by atoms with Gasteiger partial charge in [0.1, 0.15) is 0 Å². The molecule has 0 aromatic heterocycles. The fourth-order valence-electron chi connectivity index (χ4n) is 3.47. The lowest BCUT2D eigenvalue weighted by molar-refractivity contribution is -0.135. The monoisotopic (exact) mass is 378 g/mol. The van der Waals surface area contributed by atoms with Crippen LogP contribution in [-0.2, 0) is 15.0 Å². The SMILES string of the molecule is CC(=O)NCC1CCN(C(=O)C2(c3cccc(Br)c3)CC2)CC1. The fourth-order valence-corrected chi connectivity index (χ4v) is 3.87. The predicted molar refractivity (Wildman–Crippen MR) is 93.0 cm³/mol. The third kappa shape index (κ3) is 3.60. The predicted octanol–water partition coefficient (Wildman–Crippen LogP) is 2.86. The summed E-state index contributed by atoms with van der Waals surface area (Å²) >= 11 is 3.50. The highest BCUT2D eigenvalue weighted by Gasteiger charge is 2.53. The van der Waals surface area contributed by atoms with Crippen LogP contribution in [0.25, 0.3) is 0 Å². The van der Waals surface area contributed by atoms with Crippen molar-refractivity contribution in [3.8, 4) is 0 Å². The average molecular weight is 379 g/mol. The van der Waals surface area contributed by atoms with E-state index in [9.17, 15) is 9.59 Å². The van der Waals surface area contributed by atoms with E-state index in [-0.39, 0.29) is 17.2 Å². The largest absolute Gasteiger partial charge is 0.356 e. The molecule has 2 aliphatic rings. The van der Waals surface area contributed by atoms with E-state index in [1.54, 1.807) is 6.92 Å². The van der Waals surface area contributed by atoms with Gasteiger partial charge in [0, 0.05) is 31.0 Å². The van der Waals surface area contributed by atoms with Gasteiger partial charge in [0.2, 0.25) is 11.8 Å². The van der Waals surface area contributed by atoms with Crippen molar-refractivity contribution in [3.05, 3.63) is 34.3 Å². The van der Waals surface area contributed by atoms with Crippen molar-refractivity contribution in [1.29, 1.82) is 0 Å². The molecule has 3 rings (SSSR count). The molecule has 1 aliphatic carbocycles. The van der Waals surface area contributed by atoms with Gasteiger partial charge in [-0.05, 0) is 49.3 Å². The van der Waals surface area contributed by atoms with Crippen molar-refractivity contribution in [2.24, 2.45) is 5.92 Å². The maximum Gasteiger partial charge on any atom is 0.233 e. The number of piperidine rings is 1. The van der Waals surface area contributed by atoms with Crippen molar-refractivity contribution in [2.45, 2.75) is 38.0 Å². The summed E-state index contributed by atoms with van der Waals surface area (Å²) < 4.78 is 1.03. The lowest BCUT2D eigenvalue weighted by Crippen LogP contribution is -2.45. The second kappa shape index (κ2) is 6.63. The lowest BCUT2D eigenvalue weighted by atomic mass is 9.91. The molecule has 2 fully saturated rings. The van der Waals surface area contributed by atoms with Gasteiger partial charge in [-0.1, -0.05) is 28.1 Å². The Morgan fingerprint density at radius 2 is 2.00 bits per heavy atom. The number of amides is 2. The van der Waals surface area contributed by atoms with Crippen molar-refractivity contribution < 1.29 is 9.59 Å². The first-order chi connectivity index (χ1) is 11.0. The summed E-state index contributed by atoms with van der Waals surface area (Å²) in [5.41, 5.74) is 0.853. The maximum atomic E-state index is 13.0. The Kier molecular flexibility index (Phi) is 4.76. The van der Waals surface area contributed by atoms with Gasteiger partial charge < -0.3 is 10.2 Å². The average Bonchev–Trinajstić information content (AvgIpc) is 3.34. The van der Waals surface area contributed by atoms with Gasteiger partial charge in [-0.3, -0.25) is 9.59 Å². The molecule has 0 bridgehead atoms. The molecule has 1 aromatic rings. The smallest absolute Gasteiger partial charge is 0.233 e. The van der Waals surface area contributed by atoms with E-state index in [0.717, 1.165) is 55.4 Å². The zero-order valence-corrected chi connectivity index (χ0v) is 15.1. The molecule has 1 heterocycles. The van der Waals surface area contributed by atoms with Crippen LogP contribution in [0.3, 0.4) is 0 Å². The highest BCUT2D eigenvalue weighted by molar-refractivity contribution is 9.10. The van der Waals surface area contributed by atoms with Crippen LogP contribution in [0.2, 0.25) is 0 Å². The van der Waals surface area contributed by atoms with E-state index < -0.39 is 0 Å². The summed E-state index contributed by atoms with van der Waals surface area (Å²) in [6.07, 6.45) is 3.85. The molecule has 2 amide bonds. The van der Waals surface area contributed by atoms with E-state index >= 15 is 0 Å². The number of benzene rings is 1. The van der Waals surface area contributed by atoms with E-state index in [1.807, 2.05) is 17.0 Å². The number of hydrogen-bond donors (Lipinski definition) is 1. The fraction of sp³-hybridized carbons (Fsp3) is 0.556. The lowest BCUT2D eigenvalue weighted by Gasteiger charge is -2.34. The minimum atomic E-state index is -0.283. The highest BCUT2D eigenvalue weighted by Crippen LogP contribution is 2.50. The van der Waals surface area contributed by atoms with Gasteiger partial charge in [-0.25, -0.2) is 0 Å². The molecule has 1 aliphatic heterocycles. The summed E-state index contributed by atoms with van der Waals surface area (Å²) in [6.45, 7) is 3.89. The summed E-state index contributed by atoms with van der Waals surface area (Å²) in [5, 5.41) is 2.89. The maximum absolute atomic E-state index is 13.0. The molecule has 4 nitrogen and oxygen atoms in total. The zero-order valence-electron chi connectivity index (χ0n) is 13.5. The molecule has 1 saturated heterocycles. The van der Waals surface area contributed by atoms with Gasteiger partial charge in [0.25, 0.3) is 0 Å². The highest BCUT2D eigenvalue weighted by atomic mass is 79.9. The van der Waals surface area contributed by atoms with Crippen LogP contribution in [0.5, 0.6) is 0 Å². The van der Waals surface area contributed by atoms with Crippen molar-refractivity contribution in [1.82, 2.24) is 10.2 Å². The second-order valence-corrected chi connectivity index (χ2v) is 7.68. The molecule has 0 unspecified atom stereocenters. The molecule has 124 valence electrons. The van der Waals surface area contributed by atoms with Crippen LogP contribution in [0.15, 0.2) is 28.7 Å². The summed E-state index contributed by atoms with van der Waals surface area (Å²) in [5.74, 6) is 0.799. The molecule has 0 spiro atoms. The minimum absolute atomic E-state index is 0.0232. The Bertz CT molecular complexity index is 605. The van der Waals surface area contributed by atoms with E-state index in [4.69, 9.17) is 0 Å². The molecule has 1 N–H and O–H groups in total. The van der Waals surface area contributed by atoms with Crippen LogP contribution in [-0.4, -0.2) is 36.3 Å². The Morgan fingerprint density at radius 3 is 2.57 bits per heavy atom. The molecule has 23 heavy (non-hydrogen) atoms. The Hall–Kier alpha value is -1.36. The molecule has 5 heteroatoms. The standard InChI is InChI=1S/C18H23BrN2O2/c1-13(22)20-12-14-5-9-21(10-6-14)17(23)18(7-8-18)15-3-2-4-16(19)11-15/h2-4,11,14H,5-10,12H2,1H3,(H,20,22). The van der Waals surface area contributed by atoms with Gasteiger partial charge in [-0.15, -0.1) is 0 Å². The summed E-state index contributed by atoms with van der Waals surface area (Å²) in [7, 11) is 0. The zero-order chi connectivity index (χ0) is 16.4. The van der Waals surface area contributed by atoms with E-state index in [1.165, 1.54) is 0 Å². The Labute approximate surface area is 145 Å². The topological polar surface area (TPSA) is 49.4 Å². The van der Waals surface area contributed by atoms with Gasteiger partial charge >= 0.3 is 0 Å². The molecule has 0 radical (unpaired) electrons. The third-order valence-corrected chi connectivity index (χ3v) is 5.57. The van der Waals surface area contributed by atoms with Crippen LogP contribution in [0.4, 0.5) is 0 Å². The summed E-state index contributed by atoms with van der Waals surface area (Å²) in [4.78, 5) is 26.0. The molecule has 0 atom stereocenters. The van der Waals surface area contributed by atoms with Crippen LogP contribution < -0.4 is 5.32 Å². The van der Waals surface area contributed by atoms with E-state index in [0.29, 0.717) is 5.92 Å². The minimum Gasteiger partial charge on any atom is -0.356 e. The summed E-state index contributed by atoms with van der Waals surface area (Å²) in [6, 6.07) is 8.15. The van der Waals surface area contributed by atoms with Crippen molar-refractivity contribution in [2.75, 3.05) is 19.6 Å².